The topological polar surface area (TPSA) is 76.1 Å². The van der Waals surface area contributed by atoms with Gasteiger partial charge in [0.25, 0.3) is 0 Å². The van der Waals surface area contributed by atoms with Crippen molar-refractivity contribution in [2.75, 3.05) is 7.11 Å². The van der Waals surface area contributed by atoms with E-state index in [1.165, 1.54) is 6.33 Å². The van der Waals surface area contributed by atoms with Gasteiger partial charge in [0.1, 0.15) is 23.7 Å². The lowest BCUT2D eigenvalue weighted by molar-refractivity contribution is 0.411. The summed E-state index contributed by atoms with van der Waals surface area (Å²) in [4.78, 5) is 8.76. The van der Waals surface area contributed by atoms with Crippen LogP contribution >= 0.6 is 0 Å². The number of hydrogen-bond acceptors (Lipinski definition) is 5. The number of nitriles is 1. The summed E-state index contributed by atoms with van der Waals surface area (Å²) >= 11 is 0. The van der Waals surface area contributed by atoms with Gasteiger partial charge < -0.3 is 4.74 Å². The van der Waals surface area contributed by atoms with Crippen LogP contribution in [-0.4, -0.2) is 26.7 Å². The Kier molecular flexibility index (Phi) is 3.70. The molecular weight excluding hydrogens is 290 g/mol. The van der Waals surface area contributed by atoms with E-state index in [0.29, 0.717) is 11.3 Å². The second-order valence-corrected chi connectivity index (χ2v) is 5.47. The van der Waals surface area contributed by atoms with Gasteiger partial charge in [-0.3, -0.25) is 4.98 Å². The zero-order valence-corrected chi connectivity index (χ0v) is 13.5. The van der Waals surface area contributed by atoms with Crippen LogP contribution in [0.4, 0.5) is 0 Å². The van der Waals surface area contributed by atoms with Crippen molar-refractivity contribution in [3.05, 3.63) is 52.7 Å². The third-order valence-corrected chi connectivity index (χ3v) is 4.10. The van der Waals surface area contributed by atoms with Crippen LogP contribution < -0.4 is 4.74 Å². The van der Waals surface area contributed by atoms with Gasteiger partial charge in [0.15, 0.2) is 5.65 Å². The fourth-order valence-electron chi connectivity index (χ4n) is 2.92. The number of ether oxygens (including phenoxy) is 1. The lowest BCUT2D eigenvalue weighted by Gasteiger charge is -2.18. The molecule has 0 saturated carbocycles. The molecule has 6 nitrogen and oxygen atoms in total. The molecule has 3 rings (SSSR count). The van der Waals surface area contributed by atoms with Crippen molar-refractivity contribution in [3.63, 3.8) is 0 Å². The molecule has 3 aromatic rings. The minimum absolute atomic E-state index is 0.530. The van der Waals surface area contributed by atoms with Crippen LogP contribution in [0.3, 0.4) is 0 Å². The summed E-state index contributed by atoms with van der Waals surface area (Å²) in [6.07, 6.45) is 3.19. The summed E-state index contributed by atoms with van der Waals surface area (Å²) in [5.41, 5.74) is 4.97. The van der Waals surface area contributed by atoms with Gasteiger partial charge in [-0.1, -0.05) is 6.07 Å². The average Bonchev–Trinajstić information content (AvgIpc) is 3.03. The molecule has 0 aliphatic rings. The fourth-order valence-corrected chi connectivity index (χ4v) is 2.92. The van der Waals surface area contributed by atoms with Crippen molar-refractivity contribution in [3.8, 4) is 11.8 Å². The minimum Gasteiger partial charge on any atom is -0.496 e. The predicted octanol–water partition coefficient (Wildman–Crippen LogP) is 2.71. The molecule has 1 aromatic carbocycles. The van der Waals surface area contributed by atoms with Crippen molar-refractivity contribution in [2.24, 2.45) is 0 Å². The van der Waals surface area contributed by atoms with Crippen LogP contribution in [0.5, 0.6) is 5.75 Å². The molecule has 23 heavy (non-hydrogen) atoms. The molecule has 2 heterocycles. The summed E-state index contributed by atoms with van der Waals surface area (Å²) in [5, 5.41) is 14.0. The highest BCUT2D eigenvalue weighted by Gasteiger charge is 2.25. The zero-order valence-electron chi connectivity index (χ0n) is 13.5. The van der Waals surface area contributed by atoms with Gasteiger partial charge in [-0.15, -0.1) is 0 Å². The van der Waals surface area contributed by atoms with Crippen LogP contribution in [0.2, 0.25) is 0 Å². The maximum absolute atomic E-state index is 9.82. The Morgan fingerprint density at radius 1 is 1.22 bits per heavy atom. The first-order valence-electron chi connectivity index (χ1n) is 7.27. The largest absolute Gasteiger partial charge is 0.496 e. The van der Waals surface area contributed by atoms with E-state index in [-0.39, 0.29) is 0 Å². The van der Waals surface area contributed by atoms with Gasteiger partial charge in [0.05, 0.1) is 18.9 Å². The molecule has 0 saturated heterocycles. The molecule has 0 aliphatic heterocycles. The van der Waals surface area contributed by atoms with Gasteiger partial charge in [0, 0.05) is 6.20 Å². The quantitative estimate of drug-likeness (QED) is 0.743. The van der Waals surface area contributed by atoms with E-state index in [4.69, 9.17) is 4.74 Å². The van der Waals surface area contributed by atoms with Crippen LogP contribution in [-0.2, 0) is 0 Å². The Labute approximate surface area is 134 Å². The van der Waals surface area contributed by atoms with Crippen molar-refractivity contribution in [1.29, 1.82) is 5.26 Å². The average molecular weight is 307 g/mol. The smallest absolute Gasteiger partial charge is 0.178 e. The lowest BCUT2D eigenvalue weighted by Crippen LogP contribution is -2.10. The normalized spacial score (nSPS) is 12.1. The van der Waals surface area contributed by atoms with E-state index in [9.17, 15) is 5.26 Å². The molecule has 1 atom stereocenters. The molecule has 0 amide bonds. The maximum Gasteiger partial charge on any atom is 0.178 e. The Morgan fingerprint density at radius 3 is 2.70 bits per heavy atom. The lowest BCUT2D eigenvalue weighted by atomic mass is 9.88. The summed E-state index contributed by atoms with van der Waals surface area (Å²) < 4.78 is 7.11. The molecule has 0 bridgehead atoms. The third kappa shape index (κ3) is 2.30. The summed E-state index contributed by atoms with van der Waals surface area (Å²) in [7, 11) is 1.63. The van der Waals surface area contributed by atoms with Crippen molar-refractivity contribution < 1.29 is 4.74 Å². The number of rotatable bonds is 3. The first-order chi connectivity index (χ1) is 11.1. The molecule has 0 N–H and O–H groups in total. The highest BCUT2D eigenvalue weighted by molar-refractivity contribution is 5.56. The number of aryl methyl sites for hydroxylation is 2. The SMILES string of the molecule is COc1ccc(C)c(C(C#N)c2ncc(C)n3ncnc23)c1C. The summed E-state index contributed by atoms with van der Waals surface area (Å²) in [6, 6.07) is 6.24. The minimum atomic E-state index is -0.530. The summed E-state index contributed by atoms with van der Waals surface area (Å²) in [6.45, 7) is 5.85. The van der Waals surface area contributed by atoms with Gasteiger partial charge >= 0.3 is 0 Å². The van der Waals surface area contributed by atoms with E-state index in [0.717, 1.165) is 28.1 Å². The third-order valence-electron chi connectivity index (χ3n) is 4.10. The molecule has 0 aliphatic carbocycles. The highest BCUT2D eigenvalue weighted by atomic mass is 16.5. The molecule has 2 aromatic heterocycles. The van der Waals surface area contributed by atoms with Gasteiger partial charge in [-0.25, -0.2) is 9.50 Å². The molecule has 1 unspecified atom stereocenters. The van der Waals surface area contributed by atoms with Crippen molar-refractivity contribution >= 4 is 5.65 Å². The van der Waals surface area contributed by atoms with Crippen LogP contribution in [0.25, 0.3) is 5.65 Å². The predicted molar refractivity (Wildman–Crippen MR) is 85.4 cm³/mol. The van der Waals surface area contributed by atoms with E-state index in [1.54, 1.807) is 17.8 Å². The molecule has 0 fully saturated rings. The Bertz CT molecular complexity index is 923. The van der Waals surface area contributed by atoms with Gasteiger partial charge in [0.2, 0.25) is 0 Å². The van der Waals surface area contributed by atoms with Crippen LogP contribution in [0, 0.1) is 32.1 Å². The first-order valence-corrected chi connectivity index (χ1v) is 7.27. The first kappa shape index (κ1) is 15.0. The monoisotopic (exact) mass is 307 g/mol. The number of hydrogen-bond donors (Lipinski definition) is 0. The molecule has 6 heteroatoms. The number of nitrogens with zero attached hydrogens (tertiary/aromatic N) is 5. The fraction of sp³-hybridized carbons (Fsp3) is 0.294. The Hall–Kier alpha value is -2.94. The van der Waals surface area contributed by atoms with Gasteiger partial charge in [-0.2, -0.15) is 10.4 Å². The Balaban J connectivity index is 2.27. The van der Waals surface area contributed by atoms with E-state index in [2.05, 4.69) is 21.1 Å². The second kappa shape index (κ2) is 5.69. The van der Waals surface area contributed by atoms with E-state index >= 15 is 0 Å². The molecular formula is C17H17N5O. The van der Waals surface area contributed by atoms with Crippen LogP contribution in [0.1, 0.15) is 34.0 Å². The van der Waals surface area contributed by atoms with Gasteiger partial charge in [-0.05, 0) is 43.5 Å². The summed E-state index contributed by atoms with van der Waals surface area (Å²) in [5.74, 6) is 0.229. The number of fused-ring (bicyclic) bond motifs is 1. The maximum atomic E-state index is 9.82. The number of aromatic nitrogens is 4. The zero-order chi connectivity index (χ0) is 16.6. The van der Waals surface area contributed by atoms with E-state index in [1.807, 2.05) is 32.9 Å². The highest BCUT2D eigenvalue weighted by Crippen LogP contribution is 2.34. The van der Waals surface area contributed by atoms with Crippen LogP contribution in [0.15, 0.2) is 24.7 Å². The molecule has 116 valence electrons. The number of benzene rings is 1. The molecule has 0 spiro atoms. The van der Waals surface area contributed by atoms with E-state index < -0.39 is 5.92 Å². The Morgan fingerprint density at radius 2 is 2.00 bits per heavy atom. The molecule has 0 radical (unpaired) electrons. The van der Waals surface area contributed by atoms with Crippen molar-refractivity contribution in [2.45, 2.75) is 26.7 Å². The van der Waals surface area contributed by atoms with Crippen molar-refractivity contribution in [1.82, 2.24) is 19.6 Å². The second-order valence-electron chi connectivity index (χ2n) is 5.47. The standard InChI is InChI=1S/C17H17N5O/c1-10-5-6-14(23-4)12(3)15(10)13(7-18)16-17-20-9-21-22(17)11(2)8-19-16/h5-6,8-9,13H,1-4H3. The number of methoxy groups -OCH3 is 1.